The maximum absolute atomic E-state index is 2.52. The Morgan fingerprint density at radius 2 is 0.959 bits per heavy atom. The van der Waals surface area contributed by atoms with Crippen molar-refractivity contribution < 1.29 is 0 Å². The van der Waals surface area contributed by atoms with Crippen LogP contribution in [0, 0.1) is 0 Å². The van der Waals surface area contributed by atoms with Gasteiger partial charge in [-0.2, -0.15) is 0 Å². The number of hydrogen-bond acceptors (Lipinski definition) is 4. The number of allylic oxidation sites excluding steroid dienone is 3. The number of rotatable bonds is 5. The highest BCUT2D eigenvalue weighted by atomic mass is 32.2. The Bertz CT molecular complexity index is 4170. The van der Waals surface area contributed by atoms with Crippen LogP contribution in [0.15, 0.2) is 256 Å². The first-order valence-corrected chi connectivity index (χ1v) is 27.1. The molecule has 0 amide bonds. The molecule has 0 atom stereocenters. The summed E-state index contributed by atoms with van der Waals surface area (Å²) in [6.07, 6.45) is 6.81. The molecule has 0 N–H and O–H groups in total. The van der Waals surface area contributed by atoms with Gasteiger partial charge in [0.2, 0.25) is 0 Å². The number of fused-ring (bicyclic) bond motifs is 9. The van der Waals surface area contributed by atoms with E-state index in [1.807, 2.05) is 23.5 Å². The normalized spacial score (nSPS) is 15.0. The van der Waals surface area contributed by atoms with Gasteiger partial charge in [-0.15, -0.1) is 0 Å². The van der Waals surface area contributed by atoms with Gasteiger partial charge in [0.1, 0.15) is 0 Å². The number of hydrogen-bond donors (Lipinski definition) is 0. The van der Waals surface area contributed by atoms with E-state index in [-0.39, 0.29) is 5.41 Å². The predicted molar refractivity (Wildman–Crippen MR) is 311 cm³/mol. The van der Waals surface area contributed by atoms with E-state index in [1.54, 1.807) is 0 Å². The highest BCUT2D eigenvalue weighted by molar-refractivity contribution is 8.03. The lowest BCUT2D eigenvalue weighted by atomic mass is 9.80. The second kappa shape index (κ2) is 16.5. The van der Waals surface area contributed by atoms with Crippen LogP contribution in [0.5, 0.6) is 0 Å². The number of nitrogens with zero attached hydrogens (tertiary/aromatic N) is 2. The summed E-state index contributed by atoms with van der Waals surface area (Å²) in [5, 5.41) is 7.41. The van der Waals surface area contributed by atoms with E-state index in [0.29, 0.717) is 0 Å². The number of benzene rings is 11. The molecule has 2 heterocycles. The molecule has 4 heteroatoms. The third-order valence-corrected chi connectivity index (χ3v) is 18.2. The van der Waals surface area contributed by atoms with Crippen LogP contribution in [0.25, 0.3) is 76.8 Å². The smallest absolute Gasteiger partial charge is 0.0601 e. The van der Waals surface area contributed by atoms with Gasteiger partial charge in [-0.1, -0.05) is 183 Å². The molecule has 2 aliphatic heterocycles. The van der Waals surface area contributed by atoms with Crippen molar-refractivity contribution in [2.24, 2.45) is 0 Å². The lowest BCUT2D eigenvalue weighted by Gasteiger charge is -2.35. The largest absolute Gasteiger partial charge is 0.309 e. The van der Waals surface area contributed by atoms with Gasteiger partial charge in [0.25, 0.3) is 0 Å². The van der Waals surface area contributed by atoms with Gasteiger partial charge in [0, 0.05) is 36.4 Å². The predicted octanol–water partition coefficient (Wildman–Crippen LogP) is 20.2. The summed E-state index contributed by atoms with van der Waals surface area (Å²) < 4.78 is 0. The van der Waals surface area contributed by atoms with E-state index >= 15 is 0 Å². The first-order chi connectivity index (χ1) is 35.9. The molecule has 15 rings (SSSR count). The molecule has 0 fully saturated rings. The maximum Gasteiger partial charge on any atom is 0.0601 e. The van der Waals surface area contributed by atoms with Crippen LogP contribution in [-0.2, 0) is 5.41 Å². The van der Waals surface area contributed by atoms with Crippen LogP contribution in [0.2, 0.25) is 0 Å². The molecule has 73 heavy (non-hydrogen) atoms. The Balaban J connectivity index is 1.04. The summed E-state index contributed by atoms with van der Waals surface area (Å²) in [6, 6.07) is 82.4. The van der Waals surface area contributed by atoms with Crippen molar-refractivity contribution in [2.75, 3.05) is 9.80 Å². The third kappa shape index (κ3) is 6.67. The van der Waals surface area contributed by atoms with Crippen LogP contribution in [0.4, 0.5) is 28.4 Å². The Morgan fingerprint density at radius 1 is 0.397 bits per heavy atom. The Hall–Kier alpha value is -8.02. The van der Waals surface area contributed by atoms with Gasteiger partial charge >= 0.3 is 0 Å². The van der Waals surface area contributed by atoms with Crippen molar-refractivity contribution in [1.82, 2.24) is 0 Å². The highest BCUT2D eigenvalue weighted by Gasteiger charge is 2.36. The molecule has 0 saturated carbocycles. The molecule has 0 spiro atoms. The van der Waals surface area contributed by atoms with E-state index in [4.69, 9.17) is 0 Å². The van der Waals surface area contributed by atoms with E-state index < -0.39 is 0 Å². The van der Waals surface area contributed by atoms with Crippen molar-refractivity contribution in [3.8, 4) is 44.5 Å². The molecule has 4 aliphatic rings. The second-order valence-electron chi connectivity index (χ2n) is 20.3. The van der Waals surface area contributed by atoms with Crippen molar-refractivity contribution in [2.45, 2.75) is 46.8 Å². The molecule has 0 aromatic heterocycles. The lowest BCUT2D eigenvalue weighted by Crippen LogP contribution is -2.21. The molecule has 0 bridgehead atoms. The topological polar surface area (TPSA) is 6.48 Å². The zero-order chi connectivity index (χ0) is 48.4. The minimum atomic E-state index is -0.160. The summed E-state index contributed by atoms with van der Waals surface area (Å²) in [5.41, 5.74) is 19.8. The Morgan fingerprint density at radius 3 is 1.70 bits per heavy atom. The van der Waals surface area contributed by atoms with E-state index in [1.165, 1.54) is 130 Å². The zero-order valence-corrected chi connectivity index (χ0v) is 42.2. The fourth-order valence-corrected chi connectivity index (χ4v) is 14.6. The first-order valence-electron chi connectivity index (χ1n) is 25.5. The molecule has 11 aromatic rings. The summed E-state index contributed by atoms with van der Waals surface area (Å²) in [6.45, 7) is 4.79. The number of anilines is 5. The Kier molecular flexibility index (Phi) is 9.64. The van der Waals surface area contributed by atoms with E-state index in [2.05, 4.69) is 254 Å². The first kappa shape index (κ1) is 42.6. The summed E-state index contributed by atoms with van der Waals surface area (Å²) >= 11 is 3.79. The molecule has 2 aliphatic carbocycles. The molecule has 0 saturated heterocycles. The van der Waals surface area contributed by atoms with Crippen LogP contribution in [-0.4, -0.2) is 0 Å². The SMILES string of the molecule is CC1(C)c2ccccc2-c2ccc(-c3c4ccc(N5C6=C(CCC=C6)Sc6ccccc65)cc4c(-c4cccc(-c5ccc6ccccc6c5)c4)c4ccc(N5c6ccccc6Sc6ccccc65)cc34)cc21. The van der Waals surface area contributed by atoms with Gasteiger partial charge in [-0.25, -0.2) is 0 Å². The van der Waals surface area contributed by atoms with Crippen LogP contribution in [0.3, 0.4) is 0 Å². The van der Waals surface area contributed by atoms with Gasteiger partial charge in [0.05, 0.1) is 22.8 Å². The number of para-hydroxylation sites is 3. The highest BCUT2D eigenvalue weighted by Crippen LogP contribution is 2.56. The Labute approximate surface area is 435 Å². The standard InChI is InChI=1S/C69H48N2S2/c1-69(2)57-21-6-5-20-51(57)52-35-32-48(40-58(52)69)68-54-37-34-49(70-59-22-7-11-26-63(59)72-64-27-12-8-23-60(64)70)41-55(54)67(47-19-15-18-45(39-47)46-31-30-43-16-3-4-17-44(43)38-46)53-36-33-50(42-56(53)68)71-61-24-9-13-28-65(61)73-66-29-14-10-25-62(66)71/h3-11,13-26,28-42H,12,27H2,1-2H3. The number of thioether (sulfide) groups is 1. The second-order valence-corrected chi connectivity index (χ2v) is 22.5. The van der Waals surface area contributed by atoms with Crippen molar-refractivity contribution in [1.29, 1.82) is 0 Å². The molecular weight excluding hydrogens is 921 g/mol. The molecule has 11 aromatic carbocycles. The molecule has 2 nitrogen and oxygen atoms in total. The van der Waals surface area contributed by atoms with Crippen molar-refractivity contribution in [3.05, 3.63) is 252 Å². The van der Waals surface area contributed by atoms with E-state index in [9.17, 15) is 0 Å². The molecule has 0 unspecified atom stereocenters. The van der Waals surface area contributed by atoms with Gasteiger partial charge in [-0.3, -0.25) is 0 Å². The van der Waals surface area contributed by atoms with E-state index in [0.717, 1.165) is 24.2 Å². The third-order valence-electron chi connectivity index (χ3n) is 15.8. The van der Waals surface area contributed by atoms with Gasteiger partial charge in [0.15, 0.2) is 0 Å². The fraction of sp³-hybridized carbons (Fsp3) is 0.0725. The lowest BCUT2D eigenvalue weighted by molar-refractivity contribution is 0.660. The van der Waals surface area contributed by atoms with Gasteiger partial charge in [-0.05, 0) is 186 Å². The molecule has 0 radical (unpaired) electrons. The van der Waals surface area contributed by atoms with Gasteiger partial charge < -0.3 is 9.80 Å². The van der Waals surface area contributed by atoms with Crippen LogP contribution >= 0.6 is 23.5 Å². The summed E-state index contributed by atoms with van der Waals surface area (Å²) in [5.74, 6) is 0. The molecule has 346 valence electrons. The van der Waals surface area contributed by atoms with Crippen molar-refractivity contribution in [3.63, 3.8) is 0 Å². The monoisotopic (exact) mass is 968 g/mol. The average Bonchev–Trinajstić information content (AvgIpc) is 3.67. The summed E-state index contributed by atoms with van der Waals surface area (Å²) in [4.78, 5) is 10.2. The van der Waals surface area contributed by atoms with Crippen LogP contribution in [0.1, 0.15) is 37.8 Å². The molecular formula is C69H48N2S2. The quantitative estimate of drug-likeness (QED) is 0.159. The van der Waals surface area contributed by atoms with Crippen molar-refractivity contribution >= 4 is 84.3 Å². The summed E-state index contributed by atoms with van der Waals surface area (Å²) in [7, 11) is 0. The zero-order valence-electron chi connectivity index (χ0n) is 40.6. The maximum atomic E-state index is 2.52. The van der Waals surface area contributed by atoms with Crippen LogP contribution < -0.4 is 9.80 Å². The minimum absolute atomic E-state index is 0.160. The minimum Gasteiger partial charge on any atom is -0.309 e. The average molecular weight is 969 g/mol. The fourth-order valence-electron chi connectivity index (χ4n) is 12.4.